The van der Waals surface area contributed by atoms with E-state index in [1.807, 2.05) is 0 Å². The van der Waals surface area contributed by atoms with Gasteiger partial charge in [0.25, 0.3) is 5.56 Å². The van der Waals surface area contributed by atoms with Crippen molar-refractivity contribution in [3.05, 3.63) is 39.9 Å². The van der Waals surface area contributed by atoms with Crippen LogP contribution in [0, 0.1) is 0 Å². The Kier molecular flexibility index (Phi) is 3.50. The monoisotopic (exact) mass is 292 g/mol. The van der Waals surface area contributed by atoms with Gasteiger partial charge in [-0.2, -0.15) is 0 Å². The lowest BCUT2D eigenvalue weighted by atomic mass is 9.92. The van der Waals surface area contributed by atoms with E-state index in [9.17, 15) is 9.90 Å². The number of benzene rings is 1. The number of nitrogens with zero attached hydrogens (tertiary/aromatic N) is 3. The molecule has 0 aliphatic carbocycles. The van der Waals surface area contributed by atoms with Crippen LogP contribution in [-0.4, -0.2) is 33.3 Å². The van der Waals surface area contributed by atoms with Crippen LogP contribution >= 0.6 is 11.6 Å². The Morgan fingerprint density at radius 2 is 2.10 bits per heavy atom. The van der Waals surface area contributed by atoms with Gasteiger partial charge < -0.3 is 5.11 Å². The molecule has 6 heteroatoms. The van der Waals surface area contributed by atoms with Crippen LogP contribution in [0.1, 0.15) is 12.8 Å². The van der Waals surface area contributed by atoms with Crippen molar-refractivity contribution < 1.29 is 5.11 Å². The SMILES string of the molecule is O=c1c2ccc(Cl)cc2ncn1CC1(O)CC[N]CC1. The Balaban J connectivity index is 1.98. The lowest BCUT2D eigenvalue weighted by Gasteiger charge is -2.32. The molecule has 2 aromatic rings. The lowest BCUT2D eigenvalue weighted by Crippen LogP contribution is -2.44. The van der Waals surface area contributed by atoms with Crippen LogP contribution in [0.25, 0.3) is 10.9 Å². The summed E-state index contributed by atoms with van der Waals surface area (Å²) < 4.78 is 1.47. The zero-order chi connectivity index (χ0) is 14.2. The van der Waals surface area contributed by atoms with Crippen molar-refractivity contribution >= 4 is 22.5 Å². The molecule has 3 rings (SSSR count). The highest BCUT2D eigenvalue weighted by molar-refractivity contribution is 6.31. The van der Waals surface area contributed by atoms with Crippen molar-refractivity contribution in [2.24, 2.45) is 0 Å². The molecule has 1 aliphatic rings. The first-order valence-corrected chi connectivity index (χ1v) is 6.96. The predicted molar refractivity (Wildman–Crippen MR) is 77.1 cm³/mol. The molecule has 1 fully saturated rings. The zero-order valence-corrected chi connectivity index (χ0v) is 11.7. The first-order valence-electron chi connectivity index (χ1n) is 6.58. The van der Waals surface area contributed by atoms with Crippen LogP contribution in [0.5, 0.6) is 0 Å². The van der Waals surface area contributed by atoms with Gasteiger partial charge in [0.1, 0.15) is 0 Å². The van der Waals surface area contributed by atoms with Gasteiger partial charge in [-0.15, -0.1) is 0 Å². The van der Waals surface area contributed by atoms with Crippen molar-refractivity contribution in [3.63, 3.8) is 0 Å². The third-order valence-electron chi connectivity index (χ3n) is 3.72. The minimum absolute atomic E-state index is 0.150. The maximum Gasteiger partial charge on any atom is 0.261 e. The molecule has 1 N–H and O–H groups in total. The van der Waals surface area contributed by atoms with E-state index in [1.165, 1.54) is 10.9 Å². The van der Waals surface area contributed by atoms with Crippen molar-refractivity contribution in [2.75, 3.05) is 13.1 Å². The van der Waals surface area contributed by atoms with Crippen molar-refractivity contribution in [1.82, 2.24) is 14.9 Å². The fourth-order valence-corrected chi connectivity index (χ4v) is 2.70. The summed E-state index contributed by atoms with van der Waals surface area (Å²) in [5, 5.41) is 15.8. The van der Waals surface area contributed by atoms with Gasteiger partial charge in [-0.05, 0) is 31.0 Å². The second kappa shape index (κ2) is 5.16. The number of hydrogen-bond donors (Lipinski definition) is 1. The fraction of sp³-hybridized carbons (Fsp3) is 0.429. The third-order valence-corrected chi connectivity index (χ3v) is 3.96. The third kappa shape index (κ3) is 2.57. The smallest absolute Gasteiger partial charge is 0.261 e. The number of halogens is 1. The van der Waals surface area contributed by atoms with Gasteiger partial charge in [0.05, 0.1) is 29.4 Å². The van der Waals surface area contributed by atoms with Crippen molar-refractivity contribution in [3.8, 4) is 0 Å². The van der Waals surface area contributed by atoms with Gasteiger partial charge in [-0.25, -0.2) is 10.3 Å². The van der Waals surface area contributed by atoms with Gasteiger partial charge in [0.15, 0.2) is 0 Å². The second-order valence-corrected chi connectivity index (χ2v) is 5.67. The highest BCUT2D eigenvalue weighted by atomic mass is 35.5. The molecule has 1 aromatic heterocycles. The maximum absolute atomic E-state index is 12.4. The van der Waals surface area contributed by atoms with Crippen LogP contribution in [0.4, 0.5) is 0 Å². The Morgan fingerprint density at radius 3 is 2.85 bits per heavy atom. The van der Waals surface area contributed by atoms with Gasteiger partial charge in [-0.3, -0.25) is 9.36 Å². The van der Waals surface area contributed by atoms with Gasteiger partial charge in [0.2, 0.25) is 0 Å². The van der Waals surface area contributed by atoms with Crippen molar-refractivity contribution in [2.45, 2.75) is 25.0 Å². The zero-order valence-electron chi connectivity index (χ0n) is 10.9. The molecule has 0 amide bonds. The topological polar surface area (TPSA) is 69.2 Å². The first-order chi connectivity index (χ1) is 9.57. The van der Waals surface area contributed by atoms with E-state index < -0.39 is 5.60 Å². The summed E-state index contributed by atoms with van der Waals surface area (Å²) in [4.78, 5) is 16.6. The molecule has 0 spiro atoms. The average Bonchev–Trinajstić information content (AvgIpc) is 2.43. The largest absolute Gasteiger partial charge is 0.388 e. The molecule has 0 unspecified atom stereocenters. The molecule has 5 nitrogen and oxygen atoms in total. The number of hydrogen-bond acceptors (Lipinski definition) is 3. The molecule has 0 bridgehead atoms. The lowest BCUT2D eigenvalue weighted by molar-refractivity contribution is -0.00699. The van der Waals surface area contributed by atoms with E-state index in [0.717, 1.165) is 0 Å². The van der Waals surface area contributed by atoms with Gasteiger partial charge in [0, 0.05) is 18.1 Å². The van der Waals surface area contributed by atoms with E-state index in [1.54, 1.807) is 18.2 Å². The molecule has 2 heterocycles. The normalized spacial score (nSPS) is 18.3. The average molecular weight is 293 g/mol. The summed E-state index contributed by atoms with van der Waals surface area (Å²) in [6, 6.07) is 5.01. The number of fused-ring (bicyclic) bond motifs is 1. The van der Waals surface area contributed by atoms with Crippen molar-refractivity contribution in [1.29, 1.82) is 0 Å². The predicted octanol–water partition coefficient (Wildman–Crippen LogP) is 1.18. The number of rotatable bonds is 2. The minimum Gasteiger partial charge on any atom is -0.388 e. The summed E-state index contributed by atoms with van der Waals surface area (Å²) >= 11 is 5.89. The molecule has 0 atom stereocenters. The highest BCUT2D eigenvalue weighted by Crippen LogP contribution is 2.21. The molecular formula is C14H15ClN3O2. The maximum atomic E-state index is 12.4. The summed E-state index contributed by atoms with van der Waals surface area (Å²) in [6.07, 6.45) is 2.64. The number of aromatic nitrogens is 2. The molecule has 1 aliphatic heterocycles. The Hall–Kier alpha value is -1.43. The van der Waals surface area contributed by atoms with E-state index in [-0.39, 0.29) is 12.1 Å². The minimum atomic E-state index is -0.868. The van der Waals surface area contributed by atoms with Gasteiger partial charge in [-0.1, -0.05) is 11.6 Å². The Labute approximate surface area is 121 Å². The molecule has 1 saturated heterocycles. The van der Waals surface area contributed by atoms with Crippen LogP contribution in [0.3, 0.4) is 0 Å². The molecule has 0 saturated carbocycles. The van der Waals surface area contributed by atoms with Crippen LogP contribution in [0.15, 0.2) is 29.3 Å². The Bertz CT molecular complexity index is 692. The van der Waals surface area contributed by atoms with Crippen LogP contribution in [-0.2, 0) is 6.54 Å². The van der Waals surface area contributed by atoms with Crippen LogP contribution in [0.2, 0.25) is 5.02 Å². The van der Waals surface area contributed by atoms with E-state index in [0.29, 0.717) is 41.9 Å². The molecule has 105 valence electrons. The molecule has 1 aromatic carbocycles. The quantitative estimate of drug-likeness (QED) is 0.903. The fourth-order valence-electron chi connectivity index (χ4n) is 2.53. The van der Waals surface area contributed by atoms with E-state index in [4.69, 9.17) is 11.6 Å². The Morgan fingerprint density at radius 1 is 1.35 bits per heavy atom. The second-order valence-electron chi connectivity index (χ2n) is 5.23. The summed E-state index contributed by atoms with van der Waals surface area (Å²) in [6.45, 7) is 1.54. The number of piperidine rings is 1. The molecule has 1 radical (unpaired) electrons. The van der Waals surface area contributed by atoms with E-state index >= 15 is 0 Å². The summed E-state index contributed by atoms with van der Waals surface area (Å²) in [5.41, 5.74) is -0.445. The van der Waals surface area contributed by atoms with Gasteiger partial charge >= 0.3 is 0 Å². The molecular weight excluding hydrogens is 278 g/mol. The van der Waals surface area contributed by atoms with E-state index in [2.05, 4.69) is 10.3 Å². The summed E-state index contributed by atoms with van der Waals surface area (Å²) in [7, 11) is 0. The first kappa shape index (κ1) is 13.5. The molecule has 20 heavy (non-hydrogen) atoms. The summed E-state index contributed by atoms with van der Waals surface area (Å²) in [5.74, 6) is 0. The number of aliphatic hydroxyl groups is 1. The highest BCUT2D eigenvalue weighted by Gasteiger charge is 2.30. The standard InChI is InChI=1S/C14H15ClN3O2/c15-10-1-2-11-12(7-10)17-9-18(13(11)19)8-14(20)3-5-16-6-4-14/h1-2,7,9,20H,3-6,8H2. The van der Waals surface area contributed by atoms with Crippen LogP contribution < -0.4 is 10.9 Å².